The molecule has 2 aliphatic rings. The maximum atomic E-state index is 3.78. The number of hydrogen-bond acceptors (Lipinski definition) is 2. The molecule has 2 rings (SSSR count). The van der Waals surface area contributed by atoms with Crippen molar-refractivity contribution in [2.75, 3.05) is 13.1 Å². The summed E-state index contributed by atoms with van der Waals surface area (Å²) in [5, 5.41) is 3.78. The molecule has 0 bridgehead atoms. The third kappa shape index (κ3) is 3.08. The van der Waals surface area contributed by atoms with Gasteiger partial charge in [0.15, 0.2) is 0 Å². The van der Waals surface area contributed by atoms with Crippen LogP contribution in [0, 0.1) is 5.92 Å². The molecule has 2 unspecified atom stereocenters. The maximum absolute atomic E-state index is 3.78. The lowest BCUT2D eigenvalue weighted by Crippen LogP contribution is -2.64. The number of hydrogen-bond donors (Lipinski definition) is 1. The van der Waals surface area contributed by atoms with E-state index < -0.39 is 0 Å². The minimum absolute atomic E-state index is 0.342. The van der Waals surface area contributed by atoms with E-state index in [0.717, 1.165) is 18.0 Å². The molecule has 1 heterocycles. The van der Waals surface area contributed by atoms with Crippen molar-refractivity contribution in [2.24, 2.45) is 5.92 Å². The Kier molecular flexibility index (Phi) is 4.71. The fourth-order valence-electron chi connectivity index (χ4n) is 3.69. The van der Waals surface area contributed by atoms with Gasteiger partial charge < -0.3 is 5.32 Å². The summed E-state index contributed by atoms with van der Waals surface area (Å²) in [6.07, 6.45) is 8.26. The first-order valence-corrected chi connectivity index (χ1v) is 8.08. The molecule has 2 heteroatoms. The lowest BCUT2D eigenvalue weighted by Gasteiger charge is -2.50. The molecule has 2 nitrogen and oxygen atoms in total. The van der Waals surface area contributed by atoms with Gasteiger partial charge in [0.1, 0.15) is 0 Å². The molecule has 2 atom stereocenters. The van der Waals surface area contributed by atoms with Crippen molar-refractivity contribution >= 4 is 0 Å². The second-order valence-corrected chi connectivity index (χ2v) is 6.94. The minimum atomic E-state index is 0.342. The zero-order valence-corrected chi connectivity index (χ0v) is 12.8. The van der Waals surface area contributed by atoms with E-state index in [2.05, 4.69) is 37.9 Å². The van der Waals surface area contributed by atoms with Crippen LogP contribution in [0.1, 0.15) is 66.2 Å². The van der Waals surface area contributed by atoms with Crippen LogP contribution in [0.15, 0.2) is 0 Å². The van der Waals surface area contributed by atoms with Gasteiger partial charge in [-0.3, -0.25) is 4.90 Å². The predicted octanol–water partition coefficient (Wildman–Crippen LogP) is 3.42. The van der Waals surface area contributed by atoms with E-state index in [1.54, 1.807) is 0 Å². The summed E-state index contributed by atoms with van der Waals surface area (Å²) in [6, 6.07) is 1.63. The van der Waals surface area contributed by atoms with Gasteiger partial charge in [0.05, 0.1) is 0 Å². The Morgan fingerprint density at radius 3 is 2.39 bits per heavy atom. The minimum Gasteiger partial charge on any atom is -0.309 e. The monoisotopic (exact) mass is 252 g/mol. The number of rotatable bonds is 3. The SMILES string of the molecule is CCC1CNC(C)(CC)CN1C1CCC(C)CC1. The molecule has 0 spiro atoms. The molecular weight excluding hydrogens is 220 g/mol. The summed E-state index contributed by atoms with van der Waals surface area (Å²) in [5.74, 6) is 0.960. The van der Waals surface area contributed by atoms with Crippen molar-refractivity contribution in [3.8, 4) is 0 Å². The van der Waals surface area contributed by atoms with Crippen molar-refractivity contribution in [3.63, 3.8) is 0 Å². The fraction of sp³-hybridized carbons (Fsp3) is 1.00. The van der Waals surface area contributed by atoms with Gasteiger partial charge in [0, 0.05) is 30.7 Å². The van der Waals surface area contributed by atoms with Crippen LogP contribution in [-0.2, 0) is 0 Å². The second-order valence-electron chi connectivity index (χ2n) is 6.94. The number of nitrogens with one attached hydrogen (secondary N) is 1. The van der Waals surface area contributed by atoms with Crippen LogP contribution in [-0.4, -0.2) is 35.6 Å². The Labute approximate surface area is 114 Å². The Morgan fingerprint density at radius 2 is 1.83 bits per heavy atom. The first kappa shape index (κ1) is 14.3. The maximum Gasteiger partial charge on any atom is 0.0278 e. The van der Waals surface area contributed by atoms with Gasteiger partial charge >= 0.3 is 0 Å². The third-order valence-electron chi connectivity index (χ3n) is 5.47. The van der Waals surface area contributed by atoms with E-state index in [9.17, 15) is 0 Å². The van der Waals surface area contributed by atoms with E-state index in [1.807, 2.05) is 0 Å². The van der Waals surface area contributed by atoms with E-state index in [4.69, 9.17) is 0 Å². The van der Waals surface area contributed by atoms with Crippen LogP contribution >= 0.6 is 0 Å². The van der Waals surface area contributed by atoms with E-state index in [1.165, 1.54) is 51.6 Å². The van der Waals surface area contributed by atoms with Crippen LogP contribution in [0.5, 0.6) is 0 Å². The topological polar surface area (TPSA) is 15.3 Å². The highest BCUT2D eigenvalue weighted by Gasteiger charge is 2.37. The zero-order chi connectivity index (χ0) is 13.2. The Hall–Kier alpha value is -0.0800. The number of piperazine rings is 1. The van der Waals surface area contributed by atoms with Crippen LogP contribution < -0.4 is 5.32 Å². The van der Waals surface area contributed by atoms with Crippen LogP contribution in [0.25, 0.3) is 0 Å². The van der Waals surface area contributed by atoms with Gasteiger partial charge in [-0.2, -0.15) is 0 Å². The van der Waals surface area contributed by atoms with Crippen molar-refractivity contribution in [1.29, 1.82) is 0 Å². The smallest absolute Gasteiger partial charge is 0.0278 e. The largest absolute Gasteiger partial charge is 0.309 e. The van der Waals surface area contributed by atoms with E-state index >= 15 is 0 Å². The lowest BCUT2D eigenvalue weighted by molar-refractivity contribution is 0.0241. The van der Waals surface area contributed by atoms with Gasteiger partial charge in [-0.15, -0.1) is 0 Å². The molecule has 18 heavy (non-hydrogen) atoms. The van der Waals surface area contributed by atoms with E-state index in [-0.39, 0.29) is 0 Å². The standard InChI is InChI=1S/C16H32N2/c1-5-14-11-17-16(4,6-2)12-18(14)15-9-7-13(3)8-10-15/h13-15,17H,5-12H2,1-4H3. The Bertz CT molecular complexity index is 258. The van der Waals surface area contributed by atoms with Crippen molar-refractivity contribution < 1.29 is 0 Å². The summed E-state index contributed by atoms with van der Waals surface area (Å²) < 4.78 is 0. The molecule has 0 aromatic carbocycles. The number of nitrogens with zero attached hydrogens (tertiary/aromatic N) is 1. The molecule has 2 fully saturated rings. The molecule has 0 aromatic rings. The summed E-state index contributed by atoms with van der Waals surface area (Å²) in [5.41, 5.74) is 0.342. The molecule has 1 N–H and O–H groups in total. The van der Waals surface area contributed by atoms with Gasteiger partial charge in [-0.25, -0.2) is 0 Å². The van der Waals surface area contributed by atoms with Gasteiger partial charge in [-0.05, 0) is 51.4 Å². The molecule has 1 aliphatic carbocycles. The van der Waals surface area contributed by atoms with Crippen LogP contribution in [0.4, 0.5) is 0 Å². The summed E-state index contributed by atoms with van der Waals surface area (Å²) in [6.45, 7) is 11.9. The second kappa shape index (κ2) is 5.92. The highest BCUT2D eigenvalue weighted by Crippen LogP contribution is 2.31. The fourth-order valence-corrected chi connectivity index (χ4v) is 3.69. The van der Waals surface area contributed by atoms with Crippen molar-refractivity contribution in [3.05, 3.63) is 0 Å². The third-order valence-corrected chi connectivity index (χ3v) is 5.47. The van der Waals surface area contributed by atoms with Crippen LogP contribution in [0.3, 0.4) is 0 Å². The highest BCUT2D eigenvalue weighted by molar-refractivity contribution is 4.97. The van der Waals surface area contributed by atoms with Crippen molar-refractivity contribution in [1.82, 2.24) is 10.2 Å². The lowest BCUT2D eigenvalue weighted by atomic mass is 9.83. The average molecular weight is 252 g/mol. The quantitative estimate of drug-likeness (QED) is 0.828. The Morgan fingerprint density at radius 1 is 1.17 bits per heavy atom. The molecule has 0 amide bonds. The Balaban J connectivity index is 2.02. The molecule has 0 aromatic heterocycles. The predicted molar refractivity (Wildman–Crippen MR) is 78.9 cm³/mol. The van der Waals surface area contributed by atoms with Gasteiger partial charge in [-0.1, -0.05) is 20.8 Å². The summed E-state index contributed by atoms with van der Waals surface area (Å²) in [7, 11) is 0. The normalized spacial score (nSPS) is 43.0. The summed E-state index contributed by atoms with van der Waals surface area (Å²) >= 11 is 0. The molecular formula is C16H32N2. The summed E-state index contributed by atoms with van der Waals surface area (Å²) in [4.78, 5) is 2.85. The first-order valence-electron chi connectivity index (χ1n) is 8.08. The van der Waals surface area contributed by atoms with Gasteiger partial charge in [0.25, 0.3) is 0 Å². The molecule has 106 valence electrons. The molecule has 1 aliphatic heterocycles. The first-order chi connectivity index (χ1) is 8.58. The van der Waals surface area contributed by atoms with Gasteiger partial charge in [0.2, 0.25) is 0 Å². The molecule has 1 saturated heterocycles. The molecule has 1 saturated carbocycles. The average Bonchev–Trinajstić information content (AvgIpc) is 2.40. The molecule has 0 radical (unpaired) electrons. The van der Waals surface area contributed by atoms with Crippen molar-refractivity contribution in [2.45, 2.75) is 83.8 Å². The zero-order valence-electron chi connectivity index (χ0n) is 12.8. The van der Waals surface area contributed by atoms with E-state index in [0.29, 0.717) is 5.54 Å². The highest BCUT2D eigenvalue weighted by atomic mass is 15.3. The van der Waals surface area contributed by atoms with Crippen LogP contribution in [0.2, 0.25) is 0 Å².